The maximum Gasteiger partial charge on any atom is 0.253 e. The van der Waals surface area contributed by atoms with E-state index in [0.717, 1.165) is 0 Å². The number of amides is 1. The molecule has 6 heteroatoms. The number of benzene rings is 2. The van der Waals surface area contributed by atoms with Crippen LogP contribution in [0.25, 0.3) is 0 Å². The fraction of sp³-hybridized carbons (Fsp3) is 0.235. The van der Waals surface area contributed by atoms with E-state index in [-0.39, 0.29) is 18.3 Å². The molecule has 0 aliphatic carbocycles. The number of likely N-dealkylation sites (N-methyl/N-ethyl adjacent to an activating group) is 1. The number of hydrogen-bond donors (Lipinski definition) is 0. The summed E-state index contributed by atoms with van der Waals surface area (Å²) in [6, 6.07) is 12.8. The molecule has 2 rings (SSSR count). The summed E-state index contributed by atoms with van der Waals surface area (Å²) < 4.78 is 30.1. The number of carbonyl (C=O) groups is 1. The van der Waals surface area contributed by atoms with Crippen LogP contribution in [0, 0.1) is 5.82 Å². The van der Waals surface area contributed by atoms with Gasteiger partial charge in [0.2, 0.25) is 0 Å². The van der Waals surface area contributed by atoms with Crippen LogP contribution >= 0.6 is 0 Å². The number of carbonyl (C=O) groups excluding carboxylic acids is 1. The van der Waals surface area contributed by atoms with Crippen molar-refractivity contribution in [3.05, 3.63) is 59.9 Å². The first kappa shape index (κ1) is 17.1. The van der Waals surface area contributed by atoms with Gasteiger partial charge >= 0.3 is 0 Å². The van der Waals surface area contributed by atoms with Crippen molar-refractivity contribution in [2.24, 2.45) is 0 Å². The third-order valence-corrected chi connectivity index (χ3v) is 4.24. The maximum atomic E-state index is 13.4. The Morgan fingerprint density at radius 2 is 1.83 bits per heavy atom. The van der Waals surface area contributed by atoms with Crippen LogP contribution in [0.15, 0.2) is 53.4 Å². The van der Waals surface area contributed by atoms with Gasteiger partial charge in [-0.15, -0.1) is 0 Å². The van der Waals surface area contributed by atoms with Gasteiger partial charge in [-0.2, -0.15) is 0 Å². The molecule has 0 aliphatic heterocycles. The number of ether oxygens (including phenoxy) is 1. The third kappa shape index (κ3) is 4.63. The minimum atomic E-state index is -1.07. The number of halogens is 1. The van der Waals surface area contributed by atoms with Gasteiger partial charge in [-0.05, 0) is 36.4 Å². The van der Waals surface area contributed by atoms with E-state index >= 15 is 0 Å². The molecule has 1 atom stereocenters. The van der Waals surface area contributed by atoms with Crippen LogP contribution in [0.2, 0.25) is 0 Å². The van der Waals surface area contributed by atoms with Gasteiger partial charge in [0.1, 0.15) is 6.61 Å². The molecule has 122 valence electrons. The average Bonchev–Trinajstić information content (AvgIpc) is 2.56. The van der Waals surface area contributed by atoms with Crippen LogP contribution in [-0.4, -0.2) is 41.5 Å². The Bertz CT molecular complexity index is 703. The standard InChI is InChI=1S/C17H18FNO3S/c1-19(11-12-22-16-6-4-3-5-15(16)18)17(20)13-7-9-14(10-8-13)23(2)21/h3-10H,11-12H2,1-2H3. The molecule has 0 N–H and O–H groups in total. The third-order valence-electron chi connectivity index (χ3n) is 3.30. The Labute approximate surface area is 137 Å². The Hall–Kier alpha value is -2.21. The Kier molecular flexibility index (Phi) is 5.87. The summed E-state index contributed by atoms with van der Waals surface area (Å²) in [5.74, 6) is -0.427. The molecule has 23 heavy (non-hydrogen) atoms. The molecular formula is C17H18FNO3S. The zero-order valence-corrected chi connectivity index (χ0v) is 13.8. The predicted octanol–water partition coefficient (Wildman–Crippen LogP) is 2.71. The fourth-order valence-corrected chi connectivity index (χ4v) is 2.48. The van der Waals surface area contributed by atoms with Crippen molar-refractivity contribution < 1.29 is 18.1 Å². The van der Waals surface area contributed by atoms with Crippen molar-refractivity contribution in [1.29, 1.82) is 0 Å². The smallest absolute Gasteiger partial charge is 0.253 e. The number of nitrogens with zero attached hydrogens (tertiary/aromatic N) is 1. The van der Waals surface area contributed by atoms with E-state index in [1.807, 2.05) is 0 Å². The van der Waals surface area contributed by atoms with Gasteiger partial charge in [0.15, 0.2) is 11.6 Å². The second-order valence-corrected chi connectivity index (χ2v) is 6.36. The van der Waals surface area contributed by atoms with E-state index in [2.05, 4.69) is 0 Å². The Morgan fingerprint density at radius 3 is 2.43 bits per heavy atom. The molecule has 0 aromatic heterocycles. The van der Waals surface area contributed by atoms with E-state index in [4.69, 9.17) is 4.74 Å². The summed E-state index contributed by atoms with van der Waals surface area (Å²) in [6.45, 7) is 0.523. The highest BCUT2D eigenvalue weighted by Crippen LogP contribution is 2.15. The van der Waals surface area contributed by atoms with Gasteiger partial charge in [0.25, 0.3) is 5.91 Å². The summed E-state index contributed by atoms with van der Waals surface area (Å²) in [4.78, 5) is 14.4. The minimum Gasteiger partial charge on any atom is -0.489 e. The molecular weight excluding hydrogens is 317 g/mol. The summed E-state index contributed by atoms with van der Waals surface area (Å²) in [6.07, 6.45) is 1.59. The summed E-state index contributed by atoms with van der Waals surface area (Å²) in [7, 11) is 0.582. The Balaban J connectivity index is 1.90. The lowest BCUT2D eigenvalue weighted by Gasteiger charge is -2.17. The second kappa shape index (κ2) is 7.87. The monoisotopic (exact) mass is 335 g/mol. The van der Waals surface area contributed by atoms with Crippen LogP contribution in [0.3, 0.4) is 0 Å². The summed E-state index contributed by atoms with van der Waals surface area (Å²) in [5.41, 5.74) is 0.507. The normalized spacial score (nSPS) is 11.8. The van der Waals surface area contributed by atoms with E-state index < -0.39 is 16.6 Å². The van der Waals surface area contributed by atoms with Crippen molar-refractivity contribution >= 4 is 16.7 Å². The second-order valence-electron chi connectivity index (χ2n) is 4.98. The molecule has 0 saturated carbocycles. The molecule has 0 saturated heterocycles. The lowest BCUT2D eigenvalue weighted by atomic mass is 10.2. The fourth-order valence-electron chi connectivity index (χ4n) is 1.97. The van der Waals surface area contributed by atoms with Crippen LogP contribution in [-0.2, 0) is 10.8 Å². The molecule has 2 aromatic rings. The van der Waals surface area contributed by atoms with Crippen LogP contribution in [0.1, 0.15) is 10.4 Å². The van der Waals surface area contributed by atoms with Gasteiger partial charge in [-0.1, -0.05) is 12.1 Å². The van der Waals surface area contributed by atoms with Crippen LogP contribution < -0.4 is 4.74 Å². The lowest BCUT2D eigenvalue weighted by molar-refractivity contribution is 0.0773. The lowest BCUT2D eigenvalue weighted by Crippen LogP contribution is -2.30. The largest absolute Gasteiger partial charge is 0.489 e. The van der Waals surface area contributed by atoms with Gasteiger partial charge in [0, 0.05) is 34.6 Å². The predicted molar refractivity (Wildman–Crippen MR) is 87.6 cm³/mol. The van der Waals surface area contributed by atoms with Crippen LogP contribution in [0.4, 0.5) is 4.39 Å². The molecule has 0 heterocycles. The first-order valence-corrected chi connectivity index (χ1v) is 8.61. The highest BCUT2D eigenvalue weighted by atomic mass is 32.2. The number of hydrogen-bond acceptors (Lipinski definition) is 3. The van der Waals surface area contributed by atoms with Crippen LogP contribution in [0.5, 0.6) is 5.75 Å². The first-order chi connectivity index (χ1) is 11.0. The molecule has 0 spiro atoms. The van der Waals surface area contributed by atoms with Crippen molar-refractivity contribution in [3.63, 3.8) is 0 Å². The molecule has 0 bridgehead atoms. The topological polar surface area (TPSA) is 46.6 Å². The summed E-state index contributed by atoms with van der Waals surface area (Å²) in [5, 5.41) is 0. The minimum absolute atomic E-state index is 0.170. The van der Waals surface area contributed by atoms with Gasteiger partial charge in [-0.3, -0.25) is 9.00 Å². The molecule has 0 radical (unpaired) electrons. The van der Waals surface area contributed by atoms with Gasteiger partial charge in [0.05, 0.1) is 6.54 Å². The molecule has 1 amide bonds. The van der Waals surface area contributed by atoms with Crippen molar-refractivity contribution in [2.75, 3.05) is 26.5 Å². The zero-order valence-electron chi connectivity index (χ0n) is 13.0. The van der Waals surface area contributed by atoms with Crippen molar-refractivity contribution in [3.8, 4) is 5.75 Å². The van der Waals surface area contributed by atoms with E-state index in [0.29, 0.717) is 17.0 Å². The Morgan fingerprint density at radius 1 is 1.17 bits per heavy atom. The van der Waals surface area contributed by atoms with Crippen molar-refractivity contribution in [2.45, 2.75) is 4.90 Å². The molecule has 2 aromatic carbocycles. The zero-order chi connectivity index (χ0) is 16.8. The van der Waals surface area contributed by atoms with E-state index in [1.165, 1.54) is 11.0 Å². The molecule has 0 fully saturated rings. The average molecular weight is 335 g/mol. The van der Waals surface area contributed by atoms with E-state index in [9.17, 15) is 13.4 Å². The molecule has 4 nitrogen and oxygen atoms in total. The number of rotatable bonds is 6. The van der Waals surface area contributed by atoms with Crippen molar-refractivity contribution in [1.82, 2.24) is 4.90 Å². The first-order valence-electron chi connectivity index (χ1n) is 7.05. The number of para-hydroxylation sites is 1. The summed E-state index contributed by atoms with van der Waals surface area (Å²) >= 11 is 0. The SMILES string of the molecule is CN(CCOc1ccccc1F)C(=O)c1ccc(S(C)=O)cc1. The maximum absolute atomic E-state index is 13.4. The van der Waals surface area contributed by atoms with Gasteiger partial charge < -0.3 is 9.64 Å². The highest BCUT2D eigenvalue weighted by molar-refractivity contribution is 7.84. The molecule has 0 aliphatic rings. The molecule has 1 unspecified atom stereocenters. The highest BCUT2D eigenvalue weighted by Gasteiger charge is 2.12. The van der Waals surface area contributed by atoms with E-state index in [1.54, 1.807) is 55.8 Å². The van der Waals surface area contributed by atoms with Gasteiger partial charge in [-0.25, -0.2) is 4.39 Å². The quantitative estimate of drug-likeness (QED) is 0.815.